The standard InChI is InChI=1S/C21H25N5O3S/c1-14-7-6-8-15(2)20(14)26-21(22-23-24-26)30-13-19(27)25(3)12-16-9-10-17(28-4)18(11-16)29-5/h6-11H,12-13H2,1-5H3. The maximum atomic E-state index is 12.7. The molecule has 1 heterocycles. The van der Waals surface area contributed by atoms with Crippen LogP contribution in [-0.4, -0.2) is 58.0 Å². The van der Waals surface area contributed by atoms with Crippen molar-refractivity contribution in [2.24, 2.45) is 0 Å². The fraction of sp³-hybridized carbons (Fsp3) is 0.333. The number of rotatable bonds is 8. The Kier molecular flexibility index (Phi) is 6.94. The van der Waals surface area contributed by atoms with Gasteiger partial charge in [0.2, 0.25) is 11.1 Å². The van der Waals surface area contributed by atoms with Gasteiger partial charge in [-0.25, -0.2) is 0 Å². The molecule has 2 aromatic carbocycles. The number of methoxy groups -OCH3 is 2. The van der Waals surface area contributed by atoms with E-state index < -0.39 is 0 Å². The maximum Gasteiger partial charge on any atom is 0.233 e. The molecule has 0 aliphatic carbocycles. The molecule has 3 rings (SSSR count). The van der Waals surface area contributed by atoms with Gasteiger partial charge < -0.3 is 14.4 Å². The van der Waals surface area contributed by atoms with Crippen LogP contribution < -0.4 is 9.47 Å². The topological polar surface area (TPSA) is 82.4 Å². The summed E-state index contributed by atoms with van der Waals surface area (Å²) in [5.74, 6) is 1.50. The minimum absolute atomic E-state index is 0.0224. The van der Waals surface area contributed by atoms with Crippen LogP contribution in [0.1, 0.15) is 16.7 Å². The highest BCUT2D eigenvalue weighted by Gasteiger charge is 2.17. The lowest BCUT2D eigenvalue weighted by molar-refractivity contribution is -0.127. The number of hydrogen-bond donors (Lipinski definition) is 0. The van der Waals surface area contributed by atoms with Gasteiger partial charge in [0.25, 0.3) is 0 Å². The number of aromatic nitrogens is 4. The Balaban J connectivity index is 1.66. The summed E-state index contributed by atoms with van der Waals surface area (Å²) in [6, 6.07) is 11.6. The fourth-order valence-corrected chi connectivity index (χ4v) is 3.94. The second-order valence-corrected chi connectivity index (χ2v) is 7.78. The molecule has 158 valence electrons. The van der Waals surface area contributed by atoms with E-state index in [0.29, 0.717) is 23.2 Å². The normalized spacial score (nSPS) is 10.7. The van der Waals surface area contributed by atoms with Crippen molar-refractivity contribution in [2.75, 3.05) is 27.0 Å². The summed E-state index contributed by atoms with van der Waals surface area (Å²) in [6.07, 6.45) is 0. The molecule has 1 aromatic heterocycles. The smallest absolute Gasteiger partial charge is 0.233 e. The average Bonchev–Trinajstić information content (AvgIpc) is 3.19. The Labute approximate surface area is 180 Å². The van der Waals surface area contributed by atoms with Crippen molar-refractivity contribution in [1.29, 1.82) is 0 Å². The third-order valence-electron chi connectivity index (χ3n) is 4.71. The predicted molar refractivity (Wildman–Crippen MR) is 115 cm³/mol. The van der Waals surface area contributed by atoms with Gasteiger partial charge in [-0.1, -0.05) is 36.0 Å². The first kappa shape index (κ1) is 21.6. The van der Waals surface area contributed by atoms with Gasteiger partial charge in [0, 0.05) is 13.6 Å². The van der Waals surface area contributed by atoms with E-state index in [1.165, 1.54) is 11.8 Å². The van der Waals surface area contributed by atoms with E-state index in [9.17, 15) is 4.79 Å². The van der Waals surface area contributed by atoms with Crippen LogP contribution in [0.3, 0.4) is 0 Å². The van der Waals surface area contributed by atoms with Crippen LogP contribution in [0, 0.1) is 13.8 Å². The Hall–Kier alpha value is -3.07. The number of hydrogen-bond acceptors (Lipinski definition) is 7. The minimum atomic E-state index is -0.0224. The van der Waals surface area contributed by atoms with Gasteiger partial charge in [-0.2, -0.15) is 4.68 Å². The lowest BCUT2D eigenvalue weighted by atomic mass is 10.1. The van der Waals surface area contributed by atoms with Crippen molar-refractivity contribution in [3.63, 3.8) is 0 Å². The van der Waals surface area contributed by atoms with Crippen molar-refractivity contribution in [2.45, 2.75) is 25.5 Å². The molecule has 0 aliphatic heterocycles. The van der Waals surface area contributed by atoms with Crippen molar-refractivity contribution in [3.05, 3.63) is 53.1 Å². The zero-order valence-corrected chi connectivity index (χ0v) is 18.6. The molecule has 0 fully saturated rings. The second-order valence-electron chi connectivity index (χ2n) is 6.84. The fourth-order valence-electron chi connectivity index (χ4n) is 3.13. The maximum absolute atomic E-state index is 12.7. The largest absolute Gasteiger partial charge is 0.493 e. The van der Waals surface area contributed by atoms with E-state index in [1.54, 1.807) is 30.8 Å². The van der Waals surface area contributed by atoms with Gasteiger partial charge in [-0.3, -0.25) is 4.79 Å². The van der Waals surface area contributed by atoms with Gasteiger partial charge in [0.1, 0.15) is 0 Å². The van der Waals surface area contributed by atoms with Crippen LogP contribution in [-0.2, 0) is 11.3 Å². The summed E-state index contributed by atoms with van der Waals surface area (Å²) in [4.78, 5) is 14.3. The zero-order valence-electron chi connectivity index (χ0n) is 17.7. The Morgan fingerprint density at radius 2 is 1.80 bits per heavy atom. The van der Waals surface area contributed by atoms with E-state index in [4.69, 9.17) is 9.47 Å². The number of carbonyl (C=O) groups excluding carboxylic acids is 1. The molecule has 1 amide bonds. The Bertz CT molecular complexity index is 1020. The number of carbonyl (C=O) groups is 1. The number of thioether (sulfide) groups is 1. The number of nitrogens with zero attached hydrogens (tertiary/aromatic N) is 5. The van der Waals surface area contributed by atoms with E-state index in [0.717, 1.165) is 22.4 Å². The molecule has 0 saturated carbocycles. The number of tetrazole rings is 1. The molecular formula is C21H25N5O3S. The second kappa shape index (κ2) is 9.62. The highest BCUT2D eigenvalue weighted by molar-refractivity contribution is 7.99. The minimum Gasteiger partial charge on any atom is -0.493 e. The SMILES string of the molecule is COc1ccc(CN(C)C(=O)CSc2nnnn2-c2c(C)cccc2C)cc1OC. The highest BCUT2D eigenvalue weighted by Crippen LogP contribution is 2.28. The molecule has 0 N–H and O–H groups in total. The van der Waals surface area contributed by atoms with E-state index in [1.807, 2.05) is 50.2 Å². The molecule has 9 heteroatoms. The number of aryl methyl sites for hydroxylation is 2. The van der Waals surface area contributed by atoms with Crippen LogP contribution in [0.25, 0.3) is 5.69 Å². The van der Waals surface area contributed by atoms with Crippen LogP contribution in [0.5, 0.6) is 11.5 Å². The Morgan fingerprint density at radius 1 is 1.10 bits per heavy atom. The highest BCUT2D eigenvalue weighted by atomic mass is 32.2. The van der Waals surface area contributed by atoms with E-state index in [-0.39, 0.29) is 11.7 Å². The summed E-state index contributed by atoms with van der Waals surface area (Å²) >= 11 is 1.32. The summed E-state index contributed by atoms with van der Waals surface area (Å²) in [7, 11) is 4.96. The third kappa shape index (κ3) is 4.73. The van der Waals surface area contributed by atoms with Crippen LogP contribution in [0.4, 0.5) is 0 Å². The van der Waals surface area contributed by atoms with Gasteiger partial charge in [-0.15, -0.1) is 5.10 Å². The molecule has 3 aromatic rings. The first-order valence-corrected chi connectivity index (χ1v) is 10.4. The molecular weight excluding hydrogens is 402 g/mol. The summed E-state index contributed by atoms with van der Waals surface area (Å²) in [5, 5.41) is 12.6. The first-order valence-electron chi connectivity index (χ1n) is 9.37. The summed E-state index contributed by atoms with van der Waals surface area (Å²) in [6.45, 7) is 4.49. The average molecular weight is 428 g/mol. The van der Waals surface area contributed by atoms with E-state index >= 15 is 0 Å². The number of para-hydroxylation sites is 1. The summed E-state index contributed by atoms with van der Waals surface area (Å²) in [5.41, 5.74) is 4.03. The third-order valence-corrected chi connectivity index (χ3v) is 5.61. The Morgan fingerprint density at radius 3 is 2.47 bits per heavy atom. The monoisotopic (exact) mass is 427 g/mol. The number of ether oxygens (including phenoxy) is 2. The van der Waals surface area contributed by atoms with Crippen molar-refractivity contribution >= 4 is 17.7 Å². The van der Waals surface area contributed by atoms with Gasteiger partial charge in [0.15, 0.2) is 11.5 Å². The molecule has 0 radical (unpaired) electrons. The molecule has 0 atom stereocenters. The van der Waals surface area contributed by atoms with E-state index in [2.05, 4.69) is 15.5 Å². The van der Waals surface area contributed by atoms with Crippen LogP contribution in [0.15, 0.2) is 41.6 Å². The molecule has 0 unspecified atom stereocenters. The van der Waals surface area contributed by atoms with Crippen molar-refractivity contribution < 1.29 is 14.3 Å². The van der Waals surface area contributed by atoms with Crippen LogP contribution in [0.2, 0.25) is 0 Å². The van der Waals surface area contributed by atoms with Crippen LogP contribution >= 0.6 is 11.8 Å². The number of benzene rings is 2. The van der Waals surface area contributed by atoms with Crippen molar-refractivity contribution in [1.82, 2.24) is 25.1 Å². The molecule has 0 spiro atoms. The predicted octanol–water partition coefficient (Wildman–Crippen LogP) is 3.05. The lowest BCUT2D eigenvalue weighted by Gasteiger charge is -2.18. The number of amides is 1. The zero-order chi connectivity index (χ0) is 21.7. The van der Waals surface area contributed by atoms with Gasteiger partial charge in [-0.05, 0) is 53.1 Å². The molecule has 0 aliphatic rings. The quantitative estimate of drug-likeness (QED) is 0.511. The molecule has 30 heavy (non-hydrogen) atoms. The van der Waals surface area contributed by atoms with Crippen molar-refractivity contribution in [3.8, 4) is 17.2 Å². The first-order chi connectivity index (χ1) is 14.4. The van der Waals surface area contributed by atoms with Gasteiger partial charge in [0.05, 0.1) is 25.7 Å². The molecule has 8 nitrogen and oxygen atoms in total. The summed E-state index contributed by atoms with van der Waals surface area (Å²) < 4.78 is 12.3. The lowest BCUT2D eigenvalue weighted by Crippen LogP contribution is -2.28. The molecule has 0 saturated heterocycles. The molecule has 0 bridgehead atoms. The van der Waals surface area contributed by atoms with Gasteiger partial charge >= 0.3 is 0 Å².